The number of hydrogen-bond acceptors (Lipinski definition) is 4. The van der Waals surface area contributed by atoms with Gasteiger partial charge in [-0.2, -0.15) is 5.26 Å². The average Bonchev–Trinajstić information content (AvgIpc) is 2.74. The number of thiophene rings is 1. The Hall–Kier alpha value is -0.890. The summed E-state index contributed by atoms with van der Waals surface area (Å²) in [5.74, 6) is 0. The Bertz CT molecular complexity index is 383. The van der Waals surface area contributed by atoms with Crippen LogP contribution < -0.4 is 5.32 Å². The van der Waals surface area contributed by atoms with Gasteiger partial charge in [-0.05, 0) is 31.7 Å². The number of nitrogens with one attached hydrogen (secondary N) is 1. The molecule has 1 aliphatic rings. The van der Waals surface area contributed by atoms with E-state index in [9.17, 15) is 5.11 Å². The minimum atomic E-state index is -0.135. The summed E-state index contributed by atoms with van der Waals surface area (Å²) in [4.78, 5) is 1.19. The monoisotopic (exact) mass is 236 g/mol. The zero-order chi connectivity index (χ0) is 11.4. The zero-order valence-electron chi connectivity index (χ0n) is 9.15. The van der Waals surface area contributed by atoms with Crippen LogP contribution in [-0.4, -0.2) is 17.3 Å². The molecule has 1 saturated carbocycles. The first-order chi connectivity index (χ1) is 7.78. The summed E-state index contributed by atoms with van der Waals surface area (Å²) in [6, 6.07) is 4.49. The summed E-state index contributed by atoms with van der Waals surface area (Å²) < 4.78 is 0. The van der Waals surface area contributed by atoms with E-state index >= 15 is 0 Å². The largest absolute Gasteiger partial charge is 0.393 e. The molecule has 0 aromatic carbocycles. The van der Waals surface area contributed by atoms with E-state index < -0.39 is 0 Å². The van der Waals surface area contributed by atoms with Crippen LogP contribution in [0.4, 0.5) is 0 Å². The van der Waals surface area contributed by atoms with Gasteiger partial charge in [-0.15, -0.1) is 11.3 Å². The fraction of sp³-hybridized carbons (Fsp3) is 0.583. The molecule has 0 amide bonds. The summed E-state index contributed by atoms with van der Waals surface area (Å²) >= 11 is 1.62. The highest BCUT2D eigenvalue weighted by atomic mass is 32.1. The fourth-order valence-electron chi connectivity index (χ4n) is 2.13. The molecular weight excluding hydrogens is 220 g/mol. The van der Waals surface area contributed by atoms with Crippen molar-refractivity contribution < 1.29 is 5.11 Å². The minimum Gasteiger partial charge on any atom is -0.393 e. The van der Waals surface area contributed by atoms with Gasteiger partial charge in [-0.25, -0.2) is 0 Å². The van der Waals surface area contributed by atoms with E-state index in [-0.39, 0.29) is 6.10 Å². The second kappa shape index (κ2) is 5.44. The Morgan fingerprint density at radius 2 is 2.44 bits per heavy atom. The average molecular weight is 236 g/mol. The maximum atomic E-state index is 9.54. The Morgan fingerprint density at radius 3 is 3.12 bits per heavy atom. The standard InChI is InChI=1S/C12H16N2OS/c13-6-9-4-12(16-8-9)7-14-10-2-1-3-11(15)5-10/h4,8,10-11,14-15H,1-3,5,7H2. The Balaban J connectivity index is 1.80. The van der Waals surface area contributed by atoms with Crippen LogP contribution >= 0.6 is 11.3 Å². The van der Waals surface area contributed by atoms with E-state index in [2.05, 4.69) is 11.4 Å². The Morgan fingerprint density at radius 1 is 1.56 bits per heavy atom. The van der Waals surface area contributed by atoms with Crippen molar-refractivity contribution in [3.8, 4) is 6.07 Å². The van der Waals surface area contributed by atoms with Crippen molar-refractivity contribution in [1.82, 2.24) is 5.32 Å². The quantitative estimate of drug-likeness (QED) is 0.844. The molecule has 16 heavy (non-hydrogen) atoms. The molecule has 2 atom stereocenters. The summed E-state index contributed by atoms with van der Waals surface area (Å²) in [5.41, 5.74) is 0.741. The van der Waals surface area contributed by atoms with Crippen LogP contribution in [0.3, 0.4) is 0 Å². The second-order valence-corrected chi connectivity index (χ2v) is 5.31. The van der Waals surface area contributed by atoms with Crippen molar-refractivity contribution >= 4 is 11.3 Å². The molecule has 1 fully saturated rings. The first kappa shape index (κ1) is 11.6. The molecule has 0 radical (unpaired) electrons. The summed E-state index contributed by atoms with van der Waals surface area (Å²) in [6.45, 7) is 0.809. The van der Waals surface area contributed by atoms with Gasteiger partial charge in [-0.1, -0.05) is 0 Å². The van der Waals surface area contributed by atoms with Gasteiger partial charge in [0, 0.05) is 22.8 Å². The van der Waals surface area contributed by atoms with Crippen LogP contribution in [0, 0.1) is 11.3 Å². The van der Waals surface area contributed by atoms with Crippen molar-refractivity contribution in [3.63, 3.8) is 0 Å². The highest BCUT2D eigenvalue weighted by Gasteiger charge is 2.19. The second-order valence-electron chi connectivity index (χ2n) is 4.31. The summed E-state index contributed by atoms with van der Waals surface area (Å²) in [5, 5.41) is 23.6. The molecule has 0 aliphatic heterocycles. The van der Waals surface area contributed by atoms with Crippen LogP contribution in [0.15, 0.2) is 11.4 Å². The molecule has 86 valence electrons. The maximum absolute atomic E-state index is 9.54. The highest BCUT2D eigenvalue weighted by molar-refractivity contribution is 7.10. The highest BCUT2D eigenvalue weighted by Crippen LogP contribution is 2.20. The number of nitriles is 1. The number of aliphatic hydroxyl groups is 1. The maximum Gasteiger partial charge on any atom is 0.100 e. The van der Waals surface area contributed by atoms with Crippen molar-refractivity contribution in [2.45, 2.75) is 44.4 Å². The van der Waals surface area contributed by atoms with E-state index in [4.69, 9.17) is 5.26 Å². The number of nitrogens with zero attached hydrogens (tertiary/aromatic N) is 1. The molecule has 2 N–H and O–H groups in total. The molecular formula is C12H16N2OS. The van der Waals surface area contributed by atoms with Gasteiger partial charge in [0.05, 0.1) is 11.7 Å². The van der Waals surface area contributed by atoms with Gasteiger partial charge in [0.15, 0.2) is 0 Å². The molecule has 1 aromatic heterocycles. The Labute approximate surface area is 99.7 Å². The number of aliphatic hydroxyl groups excluding tert-OH is 1. The van der Waals surface area contributed by atoms with E-state index in [1.165, 1.54) is 4.88 Å². The SMILES string of the molecule is N#Cc1csc(CNC2CCCC(O)C2)c1. The summed E-state index contributed by atoms with van der Waals surface area (Å²) in [6.07, 6.45) is 3.91. The molecule has 0 saturated heterocycles. The van der Waals surface area contributed by atoms with Crippen LogP contribution in [0.5, 0.6) is 0 Å². The molecule has 1 aromatic rings. The first-order valence-electron chi connectivity index (χ1n) is 5.67. The fourth-order valence-corrected chi connectivity index (χ4v) is 2.89. The molecule has 0 spiro atoms. The van der Waals surface area contributed by atoms with Gasteiger partial charge in [0.2, 0.25) is 0 Å². The summed E-state index contributed by atoms with van der Waals surface area (Å²) in [7, 11) is 0. The van der Waals surface area contributed by atoms with Crippen LogP contribution in [0.25, 0.3) is 0 Å². The van der Waals surface area contributed by atoms with Crippen molar-refractivity contribution in [1.29, 1.82) is 5.26 Å². The third kappa shape index (κ3) is 3.05. The third-order valence-electron chi connectivity index (χ3n) is 2.99. The van der Waals surface area contributed by atoms with Gasteiger partial charge >= 0.3 is 0 Å². The van der Waals surface area contributed by atoms with Gasteiger partial charge in [0.25, 0.3) is 0 Å². The zero-order valence-corrected chi connectivity index (χ0v) is 9.96. The van der Waals surface area contributed by atoms with Crippen LogP contribution in [-0.2, 0) is 6.54 Å². The normalized spacial score (nSPS) is 25.2. The van der Waals surface area contributed by atoms with Crippen LogP contribution in [0.1, 0.15) is 36.1 Å². The molecule has 4 heteroatoms. The van der Waals surface area contributed by atoms with Gasteiger partial charge in [-0.3, -0.25) is 0 Å². The molecule has 0 bridgehead atoms. The number of hydrogen-bond donors (Lipinski definition) is 2. The van der Waals surface area contributed by atoms with Crippen molar-refractivity contribution in [3.05, 3.63) is 21.9 Å². The molecule has 3 nitrogen and oxygen atoms in total. The minimum absolute atomic E-state index is 0.135. The van der Waals surface area contributed by atoms with E-state index in [0.717, 1.165) is 37.8 Å². The molecule has 2 unspecified atom stereocenters. The van der Waals surface area contributed by atoms with E-state index in [1.807, 2.05) is 11.4 Å². The first-order valence-corrected chi connectivity index (χ1v) is 6.55. The third-order valence-corrected chi connectivity index (χ3v) is 3.93. The predicted molar refractivity (Wildman–Crippen MR) is 64.1 cm³/mol. The van der Waals surface area contributed by atoms with Gasteiger partial charge in [0.1, 0.15) is 6.07 Å². The lowest BCUT2D eigenvalue weighted by molar-refractivity contribution is 0.111. The van der Waals surface area contributed by atoms with Crippen molar-refractivity contribution in [2.24, 2.45) is 0 Å². The molecule has 1 aliphatic carbocycles. The predicted octanol–water partition coefficient (Wildman–Crippen LogP) is 2.01. The molecule has 1 heterocycles. The lowest BCUT2D eigenvalue weighted by atomic mass is 9.93. The Kier molecular flexibility index (Phi) is 3.94. The number of rotatable bonds is 3. The van der Waals surface area contributed by atoms with Gasteiger partial charge < -0.3 is 10.4 Å². The van der Waals surface area contributed by atoms with Crippen molar-refractivity contribution in [2.75, 3.05) is 0 Å². The van der Waals surface area contributed by atoms with Crippen LogP contribution in [0.2, 0.25) is 0 Å². The van der Waals surface area contributed by atoms with E-state index in [0.29, 0.717) is 6.04 Å². The lowest BCUT2D eigenvalue weighted by Gasteiger charge is -2.26. The topological polar surface area (TPSA) is 56.0 Å². The lowest BCUT2D eigenvalue weighted by Crippen LogP contribution is -2.35. The molecule has 2 rings (SSSR count). The smallest absolute Gasteiger partial charge is 0.100 e. The van der Waals surface area contributed by atoms with E-state index in [1.54, 1.807) is 11.3 Å².